The molecule has 12 rings (SSSR count). The van der Waals surface area contributed by atoms with E-state index in [9.17, 15) is 15.4 Å². The van der Waals surface area contributed by atoms with Gasteiger partial charge in [0.15, 0.2) is 0 Å². The minimum Gasteiger partial charge on any atom is -0.307 e. The summed E-state index contributed by atoms with van der Waals surface area (Å²) < 4.78 is 69.9. The standard InChI is InChI=1S/C62H43F4N5O2/c1-36-15-13-16-37(2)54(36)42-26-29-50-52(32-42)68(44-21-9-6-10-22-44)53-33-43(55-38(3)17-14-18-39(55)4)27-30-51(53)70(50)59-47(34-67)58(56-57(60(59)71(72)73)62(65,66)35-61(56,63)64)69-48-24-12-11-23-45(48)46-31-41(25-28-49(46)69)40-19-7-5-8-20-40/h5-33H,35H2,1-4H3. The second-order valence-corrected chi connectivity index (χ2v) is 19.0. The fourth-order valence-corrected chi connectivity index (χ4v) is 11.6. The number of hydrogen-bond acceptors (Lipinski definition) is 5. The number of nitrogens with zero attached hydrogens (tertiary/aromatic N) is 5. The van der Waals surface area contributed by atoms with Crippen LogP contribution in [0.15, 0.2) is 176 Å². The van der Waals surface area contributed by atoms with Crippen molar-refractivity contribution in [3.05, 3.63) is 225 Å². The molecule has 11 heteroatoms. The van der Waals surface area contributed by atoms with E-state index in [0.717, 1.165) is 61.3 Å². The lowest BCUT2D eigenvalue weighted by atomic mass is 9.90. The van der Waals surface area contributed by atoms with E-state index in [1.54, 1.807) is 36.4 Å². The van der Waals surface area contributed by atoms with Crippen LogP contribution in [0.1, 0.15) is 45.4 Å². The van der Waals surface area contributed by atoms with Crippen molar-refractivity contribution in [2.45, 2.75) is 46.0 Å². The van der Waals surface area contributed by atoms with Crippen LogP contribution in [0.4, 0.5) is 57.4 Å². The van der Waals surface area contributed by atoms with Gasteiger partial charge in [0.25, 0.3) is 11.8 Å². The molecule has 2 aliphatic rings. The smallest absolute Gasteiger partial charge is 0.304 e. The summed E-state index contributed by atoms with van der Waals surface area (Å²) in [5, 5.41) is 27.0. The molecule has 0 spiro atoms. The number of alkyl halides is 4. The molecular formula is C62H43F4N5O2. The third kappa shape index (κ3) is 6.85. The lowest BCUT2D eigenvalue weighted by Gasteiger charge is -2.41. The number of fused-ring (bicyclic) bond motifs is 6. The molecule has 0 unspecified atom stereocenters. The highest BCUT2D eigenvalue weighted by Crippen LogP contribution is 2.65. The van der Waals surface area contributed by atoms with Crippen molar-refractivity contribution in [1.29, 1.82) is 5.26 Å². The first-order valence-electron chi connectivity index (χ1n) is 23.9. The molecular weight excluding hydrogens is 923 g/mol. The second kappa shape index (κ2) is 16.5. The molecule has 1 aliphatic heterocycles. The van der Waals surface area contributed by atoms with Crippen LogP contribution in [0.25, 0.3) is 60.9 Å². The van der Waals surface area contributed by atoms with Gasteiger partial charge < -0.3 is 9.47 Å². The van der Waals surface area contributed by atoms with Gasteiger partial charge in [-0.2, -0.15) is 5.26 Å². The van der Waals surface area contributed by atoms with E-state index >= 15 is 17.6 Å². The first kappa shape index (κ1) is 45.1. The Labute approximate surface area is 418 Å². The van der Waals surface area contributed by atoms with Gasteiger partial charge in [0.05, 0.1) is 56.4 Å². The normalized spacial score (nSPS) is 14.2. The van der Waals surface area contributed by atoms with Gasteiger partial charge in [-0.15, -0.1) is 0 Å². The van der Waals surface area contributed by atoms with Crippen LogP contribution in [0.2, 0.25) is 0 Å². The molecule has 0 atom stereocenters. The zero-order valence-corrected chi connectivity index (χ0v) is 40.0. The summed E-state index contributed by atoms with van der Waals surface area (Å²) in [5.74, 6) is -8.72. The average Bonchev–Trinajstić information content (AvgIpc) is 3.81. The highest BCUT2D eigenvalue weighted by atomic mass is 19.3. The molecule has 73 heavy (non-hydrogen) atoms. The Morgan fingerprint density at radius 1 is 0.507 bits per heavy atom. The van der Waals surface area contributed by atoms with E-state index in [1.807, 2.05) is 172 Å². The van der Waals surface area contributed by atoms with Crippen LogP contribution in [0.3, 0.4) is 0 Å². The summed E-state index contributed by atoms with van der Waals surface area (Å²) in [6, 6.07) is 56.9. The largest absolute Gasteiger partial charge is 0.307 e. The van der Waals surface area contributed by atoms with E-state index in [1.165, 1.54) is 9.47 Å². The summed E-state index contributed by atoms with van der Waals surface area (Å²) >= 11 is 0. The summed E-state index contributed by atoms with van der Waals surface area (Å²) in [4.78, 5) is 16.5. The van der Waals surface area contributed by atoms with Crippen molar-refractivity contribution in [3.63, 3.8) is 0 Å². The minimum absolute atomic E-state index is 0.291. The zero-order chi connectivity index (χ0) is 50.7. The highest BCUT2D eigenvalue weighted by molar-refractivity contribution is 6.12. The number of aryl methyl sites for hydroxylation is 4. The number of nitriles is 1. The van der Waals surface area contributed by atoms with Gasteiger partial charge in [-0.3, -0.25) is 15.0 Å². The molecule has 0 amide bonds. The Bertz CT molecular complexity index is 3870. The van der Waals surface area contributed by atoms with Crippen LogP contribution >= 0.6 is 0 Å². The molecule has 1 aliphatic carbocycles. The number of benzene rings is 9. The summed E-state index contributed by atoms with van der Waals surface area (Å²) in [6.45, 7) is 8.04. The summed E-state index contributed by atoms with van der Waals surface area (Å²) in [5.41, 5.74) is 6.56. The van der Waals surface area contributed by atoms with E-state index in [0.29, 0.717) is 44.6 Å². The van der Waals surface area contributed by atoms with Crippen molar-refractivity contribution in [1.82, 2.24) is 4.57 Å². The minimum atomic E-state index is -4.41. The number of nitro groups is 1. The topological polar surface area (TPSA) is 78.3 Å². The molecule has 0 bridgehead atoms. The van der Waals surface area contributed by atoms with Crippen molar-refractivity contribution in [3.8, 4) is 45.1 Å². The zero-order valence-electron chi connectivity index (χ0n) is 40.0. The monoisotopic (exact) mass is 965 g/mol. The van der Waals surface area contributed by atoms with E-state index < -0.39 is 56.9 Å². The average molecular weight is 966 g/mol. The summed E-state index contributed by atoms with van der Waals surface area (Å²) in [7, 11) is 0. The predicted octanol–water partition coefficient (Wildman–Crippen LogP) is 17.6. The third-order valence-corrected chi connectivity index (χ3v) is 14.6. The molecule has 0 fully saturated rings. The molecule has 10 aromatic rings. The van der Waals surface area contributed by atoms with Crippen LogP contribution < -0.4 is 9.80 Å². The van der Waals surface area contributed by atoms with Gasteiger partial charge >= 0.3 is 5.69 Å². The molecule has 0 saturated heterocycles. The lowest BCUT2D eigenvalue weighted by molar-refractivity contribution is -0.386. The Kier molecular flexibility index (Phi) is 10.2. The molecule has 1 aromatic heterocycles. The molecule has 0 saturated carbocycles. The van der Waals surface area contributed by atoms with Crippen LogP contribution in [0, 0.1) is 49.1 Å². The maximum atomic E-state index is 17.1. The quantitative estimate of drug-likeness (QED) is 0.0903. The first-order chi connectivity index (χ1) is 35.2. The number of hydrogen-bond donors (Lipinski definition) is 0. The molecule has 0 radical (unpaired) electrons. The van der Waals surface area contributed by atoms with Gasteiger partial charge in [-0.05, 0) is 138 Å². The van der Waals surface area contributed by atoms with Gasteiger partial charge in [-0.1, -0.05) is 121 Å². The maximum Gasteiger partial charge on any atom is 0.304 e. The van der Waals surface area contributed by atoms with Gasteiger partial charge in [0, 0.05) is 16.5 Å². The number of nitro benzene ring substituents is 1. The number of halogens is 4. The van der Waals surface area contributed by atoms with E-state index in [2.05, 4.69) is 6.07 Å². The predicted molar refractivity (Wildman–Crippen MR) is 283 cm³/mol. The number of para-hydroxylation sites is 2. The number of aromatic nitrogens is 1. The van der Waals surface area contributed by atoms with Crippen LogP contribution in [-0.2, 0) is 11.8 Å². The Morgan fingerprint density at radius 2 is 1.01 bits per heavy atom. The van der Waals surface area contributed by atoms with Crippen LogP contribution in [0.5, 0.6) is 0 Å². The lowest BCUT2D eigenvalue weighted by Crippen LogP contribution is -2.27. The fourth-order valence-electron chi connectivity index (χ4n) is 11.6. The Hall–Kier alpha value is -9.01. The first-order valence-corrected chi connectivity index (χ1v) is 23.9. The molecule has 0 N–H and O–H groups in total. The van der Waals surface area contributed by atoms with E-state index in [-0.39, 0.29) is 0 Å². The fraction of sp³-hybridized carbons (Fsp3) is 0.113. The van der Waals surface area contributed by atoms with Gasteiger partial charge in [0.1, 0.15) is 22.9 Å². The van der Waals surface area contributed by atoms with Crippen LogP contribution in [-0.4, -0.2) is 9.49 Å². The van der Waals surface area contributed by atoms with Gasteiger partial charge in [-0.25, -0.2) is 17.6 Å². The number of anilines is 6. The Balaban J connectivity index is 1.25. The van der Waals surface area contributed by atoms with Crippen molar-refractivity contribution in [2.24, 2.45) is 0 Å². The van der Waals surface area contributed by atoms with Crippen molar-refractivity contribution >= 4 is 61.6 Å². The molecule has 9 aromatic carbocycles. The van der Waals surface area contributed by atoms with Crippen molar-refractivity contribution in [2.75, 3.05) is 9.80 Å². The number of rotatable bonds is 7. The Morgan fingerprint density at radius 3 is 1.58 bits per heavy atom. The second-order valence-electron chi connectivity index (χ2n) is 19.0. The molecule has 356 valence electrons. The maximum absolute atomic E-state index is 17.1. The molecule has 2 heterocycles. The van der Waals surface area contributed by atoms with Gasteiger partial charge in [0.2, 0.25) is 0 Å². The third-order valence-electron chi connectivity index (χ3n) is 14.6. The molecule has 7 nitrogen and oxygen atoms in total. The highest BCUT2D eigenvalue weighted by Gasteiger charge is 2.63. The SMILES string of the molecule is Cc1cccc(C)c1-c1ccc2c(c1)N(c1ccccc1)c1cc(-c3c(C)cccc3C)ccc1N2c1c(C#N)c(-n2c3ccccc3c3cc(-c4ccccc4)ccc32)c2c(c1[N+](=O)[O-])C(F)(F)CC2(F)F. The summed E-state index contributed by atoms with van der Waals surface area (Å²) in [6.07, 6.45) is -2.03. The van der Waals surface area contributed by atoms with Crippen molar-refractivity contribution < 1.29 is 22.5 Å². The van der Waals surface area contributed by atoms with E-state index in [4.69, 9.17) is 0 Å².